The highest BCUT2D eigenvalue weighted by molar-refractivity contribution is 6.36. The molecule has 1 heterocycles. The van der Waals surface area contributed by atoms with Gasteiger partial charge in [-0.05, 0) is 31.0 Å². The molecule has 1 aliphatic heterocycles. The molecule has 0 fully saturated rings. The second-order valence-electron chi connectivity index (χ2n) is 5.87. The van der Waals surface area contributed by atoms with Crippen molar-refractivity contribution in [3.05, 3.63) is 71.4 Å². The highest BCUT2D eigenvalue weighted by atomic mass is 16.2. The lowest BCUT2D eigenvalue weighted by Gasteiger charge is -2.13. The van der Waals surface area contributed by atoms with Crippen molar-refractivity contribution in [2.24, 2.45) is 0 Å². The van der Waals surface area contributed by atoms with Gasteiger partial charge in [-0.3, -0.25) is 14.5 Å². The second-order valence-corrected chi connectivity index (χ2v) is 5.87. The van der Waals surface area contributed by atoms with Crippen molar-refractivity contribution < 1.29 is 9.59 Å². The minimum absolute atomic E-state index is 0.232. The van der Waals surface area contributed by atoms with Crippen LogP contribution in [-0.4, -0.2) is 23.3 Å². The molecule has 4 heteroatoms. The second kappa shape index (κ2) is 6.71. The number of aryl methyl sites for hydroxylation is 1. The highest BCUT2D eigenvalue weighted by Crippen LogP contribution is 2.30. The molecule has 2 aromatic carbocycles. The zero-order valence-electron chi connectivity index (χ0n) is 13.9. The third-order valence-electron chi connectivity index (χ3n) is 4.00. The van der Waals surface area contributed by atoms with Gasteiger partial charge in [0.25, 0.3) is 11.8 Å². The molecule has 2 aromatic rings. The first-order valence-corrected chi connectivity index (χ1v) is 8.11. The van der Waals surface area contributed by atoms with E-state index in [9.17, 15) is 9.59 Å². The summed E-state index contributed by atoms with van der Waals surface area (Å²) in [5, 5.41) is 3.14. The Hall–Kier alpha value is -2.88. The van der Waals surface area contributed by atoms with Crippen LogP contribution in [0.25, 0.3) is 5.57 Å². The Kier molecular flexibility index (Phi) is 4.47. The maximum absolute atomic E-state index is 12.8. The van der Waals surface area contributed by atoms with E-state index in [0.29, 0.717) is 17.8 Å². The van der Waals surface area contributed by atoms with E-state index >= 15 is 0 Å². The molecule has 1 aliphatic rings. The number of nitrogens with one attached hydrogen (secondary N) is 1. The number of amides is 2. The molecular weight excluding hydrogens is 300 g/mol. The quantitative estimate of drug-likeness (QED) is 0.856. The van der Waals surface area contributed by atoms with E-state index in [1.54, 1.807) is 0 Å². The lowest BCUT2D eigenvalue weighted by molar-refractivity contribution is -0.136. The lowest BCUT2D eigenvalue weighted by atomic mass is 10.0. The number of anilines is 1. The monoisotopic (exact) mass is 320 g/mol. The van der Waals surface area contributed by atoms with Crippen LogP contribution in [0.1, 0.15) is 24.5 Å². The molecule has 3 rings (SSSR count). The van der Waals surface area contributed by atoms with E-state index in [4.69, 9.17) is 0 Å². The van der Waals surface area contributed by atoms with Crippen LogP contribution in [0.3, 0.4) is 0 Å². The number of imide groups is 1. The van der Waals surface area contributed by atoms with Crippen molar-refractivity contribution in [3.63, 3.8) is 0 Å². The topological polar surface area (TPSA) is 49.4 Å². The molecule has 0 aromatic heterocycles. The van der Waals surface area contributed by atoms with Crippen molar-refractivity contribution in [2.45, 2.75) is 20.3 Å². The van der Waals surface area contributed by atoms with Crippen LogP contribution in [0.5, 0.6) is 0 Å². The summed E-state index contributed by atoms with van der Waals surface area (Å²) in [7, 11) is 0. The van der Waals surface area contributed by atoms with Gasteiger partial charge in [-0.2, -0.15) is 0 Å². The highest BCUT2D eigenvalue weighted by Gasteiger charge is 2.38. The molecule has 0 saturated carbocycles. The molecule has 0 spiro atoms. The lowest BCUT2D eigenvalue weighted by Crippen LogP contribution is -2.33. The summed E-state index contributed by atoms with van der Waals surface area (Å²) in [6.45, 7) is 4.37. The molecule has 0 atom stereocenters. The van der Waals surface area contributed by atoms with Crippen molar-refractivity contribution in [1.29, 1.82) is 0 Å². The third-order valence-corrected chi connectivity index (χ3v) is 4.00. The summed E-state index contributed by atoms with van der Waals surface area (Å²) in [5.41, 5.74) is 3.45. The molecule has 4 nitrogen and oxygen atoms in total. The number of benzene rings is 2. The fraction of sp³-hybridized carbons (Fsp3) is 0.200. The van der Waals surface area contributed by atoms with Gasteiger partial charge in [0.05, 0.1) is 5.57 Å². The molecule has 24 heavy (non-hydrogen) atoms. The summed E-state index contributed by atoms with van der Waals surface area (Å²) in [6.07, 6.45) is 0.733. The molecule has 0 aliphatic carbocycles. The van der Waals surface area contributed by atoms with Gasteiger partial charge in [0.1, 0.15) is 5.70 Å². The van der Waals surface area contributed by atoms with Gasteiger partial charge in [-0.25, -0.2) is 0 Å². The fourth-order valence-corrected chi connectivity index (χ4v) is 2.77. The first-order chi connectivity index (χ1) is 11.6. The van der Waals surface area contributed by atoms with Crippen LogP contribution in [0.4, 0.5) is 5.69 Å². The van der Waals surface area contributed by atoms with Gasteiger partial charge in [-0.15, -0.1) is 0 Å². The Labute approximate surface area is 141 Å². The van der Waals surface area contributed by atoms with Gasteiger partial charge in [0, 0.05) is 12.2 Å². The van der Waals surface area contributed by atoms with E-state index in [-0.39, 0.29) is 11.8 Å². The number of hydrogen-bond acceptors (Lipinski definition) is 3. The molecular formula is C20H20N2O2. The standard InChI is InChI=1S/C20H20N2O2/c1-3-13-22-19(23)17(15-11-9-14(2)10-12-15)18(20(22)24)21-16-7-5-4-6-8-16/h4-12,21H,3,13H2,1-2H3. The fourth-order valence-electron chi connectivity index (χ4n) is 2.77. The van der Waals surface area contributed by atoms with E-state index in [0.717, 1.165) is 23.2 Å². The Balaban J connectivity index is 2.06. The van der Waals surface area contributed by atoms with Gasteiger partial charge in [0.15, 0.2) is 0 Å². The molecule has 1 N–H and O–H groups in total. The molecule has 0 unspecified atom stereocenters. The average Bonchev–Trinajstić information content (AvgIpc) is 2.82. The van der Waals surface area contributed by atoms with E-state index in [1.165, 1.54) is 4.90 Å². The van der Waals surface area contributed by atoms with E-state index < -0.39 is 0 Å². The van der Waals surface area contributed by atoms with Crippen LogP contribution < -0.4 is 5.32 Å². The van der Waals surface area contributed by atoms with Gasteiger partial charge >= 0.3 is 0 Å². The number of hydrogen-bond donors (Lipinski definition) is 1. The van der Waals surface area contributed by atoms with Crippen LogP contribution in [-0.2, 0) is 9.59 Å². The Morgan fingerprint density at radius 1 is 0.917 bits per heavy atom. The number of rotatable bonds is 5. The van der Waals surface area contributed by atoms with Crippen molar-refractivity contribution in [1.82, 2.24) is 4.90 Å². The molecule has 0 bridgehead atoms. The van der Waals surface area contributed by atoms with Crippen molar-refractivity contribution in [2.75, 3.05) is 11.9 Å². The largest absolute Gasteiger partial charge is 0.350 e. The zero-order chi connectivity index (χ0) is 17.1. The predicted molar refractivity (Wildman–Crippen MR) is 95.2 cm³/mol. The van der Waals surface area contributed by atoms with Crippen LogP contribution >= 0.6 is 0 Å². The molecule has 0 saturated heterocycles. The molecule has 0 radical (unpaired) electrons. The number of carbonyl (C=O) groups is 2. The van der Waals surface area contributed by atoms with Crippen LogP contribution in [0.2, 0.25) is 0 Å². The Morgan fingerprint density at radius 3 is 2.21 bits per heavy atom. The summed E-state index contributed by atoms with van der Waals surface area (Å²) in [5.74, 6) is -0.495. The maximum Gasteiger partial charge on any atom is 0.278 e. The Morgan fingerprint density at radius 2 is 1.58 bits per heavy atom. The van der Waals surface area contributed by atoms with E-state index in [1.807, 2.05) is 68.4 Å². The molecule has 122 valence electrons. The minimum atomic E-state index is -0.263. The summed E-state index contributed by atoms with van der Waals surface area (Å²) in [4.78, 5) is 26.9. The number of nitrogens with zero attached hydrogens (tertiary/aromatic N) is 1. The zero-order valence-corrected chi connectivity index (χ0v) is 13.9. The maximum atomic E-state index is 12.8. The summed E-state index contributed by atoms with van der Waals surface area (Å²) >= 11 is 0. The van der Waals surface area contributed by atoms with Crippen molar-refractivity contribution >= 4 is 23.1 Å². The first kappa shape index (κ1) is 16.0. The smallest absolute Gasteiger partial charge is 0.278 e. The predicted octanol–water partition coefficient (Wildman–Crippen LogP) is 3.60. The first-order valence-electron chi connectivity index (χ1n) is 8.11. The summed E-state index contributed by atoms with van der Waals surface area (Å²) < 4.78 is 0. The van der Waals surface area contributed by atoms with Gasteiger partial charge < -0.3 is 5.32 Å². The average molecular weight is 320 g/mol. The number of carbonyl (C=O) groups excluding carboxylic acids is 2. The number of para-hydroxylation sites is 1. The minimum Gasteiger partial charge on any atom is -0.350 e. The van der Waals surface area contributed by atoms with E-state index in [2.05, 4.69) is 5.32 Å². The normalized spacial score (nSPS) is 14.5. The SMILES string of the molecule is CCCN1C(=O)C(Nc2ccccc2)=C(c2ccc(C)cc2)C1=O. The molecule has 2 amide bonds. The van der Waals surface area contributed by atoms with Gasteiger partial charge in [-0.1, -0.05) is 55.0 Å². The third kappa shape index (κ3) is 2.95. The summed E-state index contributed by atoms with van der Waals surface area (Å²) in [6, 6.07) is 17.1. The van der Waals surface area contributed by atoms with Crippen LogP contribution in [0, 0.1) is 6.92 Å². The van der Waals surface area contributed by atoms with Crippen LogP contribution in [0.15, 0.2) is 60.3 Å². The van der Waals surface area contributed by atoms with Gasteiger partial charge in [0.2, 0.25) is 0 Å². The van der Waals surface area contributed by atoms with Crippen molar-refractivity contribution in [3.8, 4) is 0 Å². The Bertz CT molecular complexity index is 792.